The third-order valence-corrected chi connectivity index (χ3v) is 6.46. The smallest absolute Gasteiger partial charge is 0.283 e. The van der Waals surface area contributed by atoms with Crippen LogP contribution >= 0.6 is 11.8 Å². The zero-order valence-electron chi connectivity index (χ0n) is 19.8. The number of thioether (sulfide) groups is 1. The molecule has 2 aromatic carbocycles. The number of amides is 1. The summed E-state index contributed by atoms with van der Waals surface area (Å²) in [5.41, 5.74) is 2.80. The minimum atomic E-state index is -0.472. The summed E-state index contributed by atoms with van der Waals surface area (Å²) < 4.78 is 11.6. The van der Waals surface area contributed by atoms with Crippen LogP contribution in [0.4, 0.5) is 0 Å². The van der Waals surface area contributed by atoms with Crippen LogP contribution in [0.15, 0.2) is 101 Å². The van der Waals surface area contributed by atoms with Crippen LogP contribution < -0.4 is 9.47 Å². The average molecular weight is 510 g/mol. The van der Waals surface area contributed by atoms with E-state index in [9.17, 15) is 4.79 Å². The lowest BCUT2D eigenvalue weighted by Gasteiger charge is -2.20. The number of amidine groups is 2. The number of hydrogen-bond donors (Lipinski definition) is 1. The molecule has 0 fully saturated rings. The summed E-state index contributed by atoms with van der Waals surface area (Å²) in [6.07, 6.45) is 7.59. The number of pyridine rings is 1. The molecule has 1 N–H and O–H groups in total. The zero-order valence-corrected chi connectivity index (χ0v) is 20.6. The summed E-state index contributed by atoms with van der Waals surface area (Å²) in [6, 6.07) is 18.8. The molecule has 3 aromatic rings. The van der Waals surface area contributed by atoms with Gasteiger partial charge in [-0.1, -0.05) is 36.4 Å². The van der Waals surface area contributed by atoms with Gasteiger partial charge in [0.05, 0.1) is 5.57 Å². The van der Waals surface area contributed by atoms with Crippen molar-refractivity contribution in [2.24, 2.45) is 10.1 Å². The second-order valence-electron chi connectivity index (χ2n) is 8.03. The molecule has 0 radical (unpaired) electrons. The Morgan fingerprint density at radius 2 is 1.84 bits per heavy atom. The van der Waals surface area contributed by atoms with Gasteiger partial charge in [0.2, 0.25) is 5.17 Å². The lowest BCUT2D eigenvalue weighted by Crippen LogP contribution is -2.35. The fraction of sp³-hybridized carbons (Fsp3) is 0.107. The summed E-state index contributed by atoms with van der Waals surface area (Å²) in [4.78, 5) is 20.9. The molecule has 8 nitrogen and oxygen atoms in total. The van der Waals surface area contributed by atoms with E-state index in [-0.39, 0.29) is 11.4 Å². The van der Waals surface area contributed by atoms with Gasteiger partial charge in [-0.3, -0.25) is 15.2 Å². The largest absolute Gasteiger partial charge is 0.490 e. The predicted octanol–water partition coefficient (Wildman–Crippen LogP) is 4.94. The molecule has 0 unspecified atom stereocenters. The molecule has 1 aromatic heterocycles. The third kappa shape index (κ3) is 5.52. The first-order chi connectivity index (χ1) is 18.1. The van der Waals surface area contributed by atoms with Crippen LogP contribution in [0.25, 0.3) is 6.08 Å². The van der Waals surface area contributed by atoms with E-state index in [2.05, 4.69) is 21.7 Å². The van der Waals surface area contributed by atoms with Crippen molar-refractivity contribution in [2.75, 3.05) is 13.2 Å². The fourth-order valence-corrected chi connectivity index (χ4v) is 4.59. The van der Waals surface area contributed by atoms with Crippen LogP contribution in [0.3, 0.4) is 0 Å². The second kappa shape index (κ2) is 11.0. The number of aromatic nitrogens is 1. The molecule has 1 amide bonds. The summed E-state index contributed by atoms with van der Waals surface area (Å²) in [7, 11) is 0. The van der Waals surface area contributed by atoms with Crippen molar-refractivity contribution in [3.63, 3.8) is 0 Å². The van der Waals surface area contributed by atoms with Gasteiger partial charge < -0.3 is 9.47 Å². The minimum Gasteiger partial charge on any atom is -0.490 e. The van der Waals surface area contributed by atoms with Gasteiger partial charge in [0.1, 0.15) is 29.8 Å². The van der Waals surface area contributed by atoms with E-state index in [0.717, 1.165) is 28.9 Å². The van der Waals surface area contributed by atoms with Crippen molar-refractivity contribution in [3.8, 4) is 11.5 Å². The van der Waals surface area contributed by atoms with Crippen LogP contribution in [-0.4, -0.2) is 45.2 Å². The van der Waals surface area contributed by atoms with Crippen molar-refractivity contribution >= 4 is 39.8 Å². The lowest BCUT2D eigenvalue weighted by atomic mass is 10.1. The van der Waals surface area contributed by atoms with Crippen molar-refractivity contribution in [1.82, 2.24) is 9.99 Å². The minimum absolute atomic E-state index is 0.0180. The Morgan fingerprint density at radius 3 is 2.62 bits per heavy atom. The predicted molar refractivity (Wildman–Crippen MR) is 146 cm³/mol. The summed E-state index contributed by atoms with van der Waals surface area (Å²) in [5.74, 6) is 1.01. The van der Waals surface area contributed by atoms with E-state index in [0.29, 0.717) is 29.2 Å². The van der Waals surface area contributed by atoms with Gasteiger partial charge in [-0.05, 0) is 65.7 Å². The Morgan fingerprint density at radius 1 is 1.03 bits per heavy atom. The highest BCUT2D eigenvalue weighted by atomic mass is 32.2. The maximum Gasteiger partial charge on any atom is 0.283 e. The molecule has 2 aliphatic rings. The number of aliphatic imine (C=N–C) groups is 1. The topological polar surface area (TPSA) is 100 Å². The highest BCUT2D eigenvalue weighted by Gasteiger charge is 2.36. The molecular weight excluding hydrogens is 486 g/mol. The Hall–Kier alpha value is -4.50. The number of allylic oxidation sites excluding steroid dienone is 1. The number of carbonyl (C=O) groups excluding carboxylic acids is 1. The van der Waals surface area contributed by atoms with Gasteiger partial charge in [0.15, 0.2) is 5.84 Å². The number of rotatable bonds is 9. The Balaban J connectivity index is 1.21. The molecule has 0 spiro atoms. The van der Waals surface area contributed by atoms with E-state index in [1.54, 1.807) is 18.5 Å². The maximum absolute atomic E-state index is 12.7. The average Bonchev–Trinajstić information content (AvgIpc) is 3.35. The van der Waals surface area contributed by atoms with Gasteiger partial charge >= 0.3 is 0 Å². The van der Waals surface area contributed by atoms with E-state index >= 15 is 0 Å². The standard InChI is InChI=1S/C28H23N5O3S/c1-2-6-20-7-3-4-9-24(20)36-16-15-35-22-12-10-19(11-13-22)17-23-25(29)33-28(31-26(23)34)37-27(32-33)21-8-5-14-30-18-21/h2-5,7-14,17-18,29H,1,6,15-16H2/b23-17-,29-25?. The van der Waals surface area contributed by atoms with Gasteiger partial charge in [0, 0.05) is 18.0 Å². The molecule has 184 valence electrons. The van der Waals surface area contributed by atoms with E-state index in [1.165, 1.54) is 16.8 Å². The number of nitrogens with zero attached hydrogens (tertiary/aromatic N) is 4. The fourth-order valence-electron chi connectivity index (χ4n) is 3.70. The van der Waals surface area contributed by atoms with E-state index < -0.39 is 5.91 Å². The summed E-state index contributed by atoms with van der Waals surface area (Å²) in [6.45, 7) is 4.57. The number of fused-ring (bicyclic) bond motifs is 1. The van der Waals surface area contributed by atoms with Gasteiger partial charge in [-0.2, -0.15) is 15.1 Å². The van der Waals surface area contributed by atoms with Gasteiger partial charge in [-0.25, -0.2) is 0 Å². The highest BCUT2D eigenvalue weighted by molar-refractivity contribution is 8.27. The number of carbonyl (C=O) groups is 1. The number of hydrazone groups is 1. The molecule has 0 atom stereocenters. The molecule has 5 rings (SSSR count). The second-order valence-corrected chi connectivity index (χ2v) is 8.99. The highest BCUT2D eigenvalue weighted by Crippen LogP contribution is 2.30. The van der Waals surface area contributed by atoms with Crippen LogP contribution in [0.1, 0.15) is 16.7 Å². The van der Waals surface area contributed by atoms with E-state index in [1.807, 2.05) is 66.7 Å². The van der Waals surface area contributed by atoms with Gasteiger partial charge in [-0.15, -0.1) is 6.58 Å². The summed E-state index contributed by atoms with van der Waals surface area (Å²) in [5, 5.41) is 15.4. The number of nitrogens with one attached hydrogen (secondary N) is 1. The number of ether oxygens (including phenoxy) is 2. The number of para-hydroxylation sites is 1. The molecule has 9 heteroatoms. The molecule has 3 heterocycles. The molecule has 0 aliphatic carbocycles. The first-order valence-corrected chi connectivity index (χ1v) is 12.4. The normalized spacial score (nSPS) is 15.8. The van der Waals surface area contributed by atoms with Gasteiger partial charge in [0.25, 0.3) is 5.91 Å². The van der Waals surface area contributed by atoms with Crippen molar-refractivity contribution in [3.05, 3.63) is 108 Å². The molecule has 0 saturated heterocycles. The molecule has 0 saturated carbocycles. The number of benzene rings is 2. The van der Waals surface area contributed by atoms with Crippen molar-refractivity contribution in [1.29, 1.82) is 5.41 Å². The lowest BCUT2D eigenvalue weighted by molar-refractivity contribution is -0.114. The summed E-state index contributed by atoms with van der Waals surface area (Å²) >= 11 is 1.24. The quantitative estimate of drug-likeness (QED) is 0.249. The van der Waals surface area contributed by atoms with Crippen molar-refractivity contribution < 1.29 is 14.3 Å². The molecule has 37 heavy (non-hydrogen) atoms. The third-order valence-electron chi connectivity index (χ3n) is 5.50. The first kappa shape index (κ1) is 24.2. The molecule has 0 bridgehead atoms. The zero-order chi connectivity index (χ0) is 25.6. The Labute approximate surface area is 218 Å². The van der Waals surface area contributed by atoms with Crippen LogP contribution in [0, 0.1) is 5.41 Å². The number of hydrogen-bond acceptors (Lipinski definition) is 7. The van der Waals surface area contributed by atoms with Crippen LogP contribution in [0.5, 0.6) is 11.5 Å². The Kier molecular flexibility index (Phi) is 7.23. The van der Waals surface area contributed by atoms with Crippen molar-refractivity contribution in [2.45, 2.75) is 6.42 Å². The van der Waals surface area contributed by atoms with Crippen LogP contribution in [-0.2, 0) is 11.2 Å². The van der Waals surface area contributed by atoms with E-state index in [4.69, 9.17) is 14.9 Å². The maximum atomic E-state index is 12.7. The van der Waals surface area contributed by atoms with Crippen LogP contribution in [0.2, 0.25) is 0 Å². The molecule has 2 aliphatic heterocycles. The SMILES string of the molecule is C=CCc1ccccc1OCCOc1ccc(/C=C2/C(=N)N3N=C(c4cccnc4)SC3=NC2=O)cc1. The monoisotopic (exact) mass is 509 g/mol. The first-order valence-electron chi connectivity index (χ1n) is 11.6. The Bertz CT molecular complexity index is 1430. The molecular formula is C28H23N5O3S.